The molecule has 2 rings (SSSR count). The monoisotopic (exact) mass is 289 g/mol. The molecule has 8 nitrogen and oxygen atoms in total. The molecule has 0 aliphatic rings. The van der Waals surface area contributed by atoms with E-state index in [4.69, 9.17) is 4.84 Å². The molecule has 1 N–H and O–H groups in total. The van der Waals surface area contributed by atoms with Crippen LogP contribution in [0.1, 0.15) is 5.56 Å². The number of nitrogens with one attached hydrogen (secondary N) is 1. The van der Waals surface area contributed by atoms with E-state index in [0.717, 1.165) is 6.07 Å². The van der Waals surface area contributed by atoms with E-state index >= 15 is 0 Å². The summed E-state index contributed by atoms with van der Waals surface area (Å²) in [4.78, 5) is 25.6. The van der Waals surface area contributed by atoms with Crippen molar-refractivity contribution in [3.8, 4) is 5.75 Å². The number of hydrogen-bond donors (Lipinski definition) is 1. The smallest absolute Gasteiger partial charge is 0.372 e. The molecule has 0 unspecified atom stereocenters. The topological polar surface area (TPSA) is 108 Å². The summed E-state index contributed by atoms with van der Waals surface area (Å²) in [6, 6.07) is 11.0. The zero-order chi connectivity index (χ0) is 15.4. The molecule has 0 aliphatic carbocycles. The van der Waals surface area contributed by atoms with Crippen LogP contribution in [0.3, 0.4) is 0 Å². The Labute approximate surface area is 119 Å². The van der Waals surface area contributed by atoms with Gasteiger partial charge in [0.15, 0.2) is 11.4 Å². The fraction of sp³-hybridized carbons (Fsp3) is 0.0769. The number of anilines is 1. The summed E-state index contributed by atoms with van der Waals surface area (Å²) in [6.45, 7) is 1.59. The van der Waals surface area contributed by atoms with E-state index in [-0.39, 0.29) is 5.69 Å². The third kappa shape index (κ3) is 3.06. The van der Waals surface area contributed by atoms with Crippen LogP contribution >= 0.6 is 0 Å². The first-order valence-corrected chi connectivity index (χ1v) is 5.91. The van der Waals surface area contributed by atoms with Crippen LogP contribution in [-0.4, -0.2) is 9.85 Å². The molecule has 21 heavy (non-hydrogen) atoms. The van der Waals surface area contributed by atoms with Gasteiger partial charge in [0.05, 0.1) is 9.85 Å². The van der Waals surface area contributed by atoms with Gasteiger partial charge in [-0.2, -0.15) is 0 Å². The molecule has 0 aromatic heterocycles. The van der Waals surface area contributed by atoms with E-state index in [1.807, 2.05) is 0 Å². The quantitative estimate of drug-likeness (QED) is 0.668. The van der Waals surface area contributed by atoms with E-state index in [2.05, 4.69) is 5.48 Å². The van der Waals surface area contributed by atoms with Crippen LogP contribution < -0.4 is 10.3 Å². The highest BCUT2D eigenvalue weighted by atomic mass is 16.7. The Morgan fingerprint density at radius 2 is 1.67 bits per heavy atom. The van der Waals surface area contributed by atoms with Crippen LogP contribution in [0.15, 0.2) is 42.5 Å². The number of aryl methyl sites for hydroxylation is 1. The number of rotatable bonds is 5. The maximum atomic E-state index is 11.1. The van der Waals surface area contributed by atoms with Gasteiger partial charge in [-0.25, -0.2) is 5.48 Å². The molecule has 0 fully saturated rings. The molecule has 0 saturated heterocycles. The maximum Gasteiger partial charge on any atom is 0.372 e. The Morgan fingerprint density at radius 3 is 2.24 bits per heavy atom. The Kier molecular flexibility index (Phi) is 3.98. The number of hydrogen-bond acceptors (Lipinski definition) is 6. The predicted octanol–water partition coefficient (Wildman–Crippen LogP) is 3.22. The summed E-state index contributed by atoms with van der Waals surface area (Å²) in [5.74, 6) is 0.428. The summed E-state index contributed by atoms with van der Waals surface area (Å²) in [5, 5.41) is 22.0. The lowest BCUT2D eigenvalue weighted by Gasteiger charge is -2.10. The van der Waals surface area contributed by atoms with Crippen LogP contribution in [0.4, 0.5) is 17.1 Å². The molecule has 8 heteroatoms. The maximum absolute atomic E-state index is 11.1. The number of nitrogens with zero attached hydrogens (tertiary/aromatic N) is 2. The number of para-hydroxylation sites is 1. The zero-order valence-electron chi connectivity index (χ0n) is 11.0. The van der Waals surface area contributed by atoms with Crippen molar-refractivity contribution in [3.63, 3.8) is 0 Å². The van der Waals surface area contributed by atoms with E-state index in [9.17, 15) is 20.2 Å². The van der Waals surface area contributed by atoms with Crippen LogP contribution in [0, 0.1) is 27.2 Å². The lowest BCUT2D eigenvalue weighted by molar-refractivity contribution is -0.422. The van der Waals surface area contributed by atoms with Gasteiger partial charge in [0.1, 0.15) is 0 Å². The van der Waals surface area contributed by atoms with Gasteiger partial charge in [0.25, 0.3) is 0 Å². The third-order valence-corrected chi connectivity index (χ3v) is 2.76. The minimum Gasteiger partial charge on any atom is -0.382 e. The van der Waals surface area contributed by atoms with Gasteiger partial charge >= 0.3 is 11.4 Å². The lowest BCUT2D eigenvalue weighted by Crippen LogP contribution is -2.10. The number of nitro benzene ring substituents is 2. The Bertz CT molecular complexity index is 688. The minimum absolute atomic E-state index is 0.0435. The van der Waals surface area contributed by atoms with Crippen LogP contribution in [0.2, 0.25) is 0 Å². The van der Waals surface area contributed by atoms with E-state index in [0.29, 0.717) is 11.3 Å². The summed E-state index contributed by atoms with van der Waals surface area (Å²) in [6.07, 6.45) is 0. The number of nitro groups is 2. The van der Waals surface area contributed by atoms with Gasteiger partial charge in [0.2, 0.25) is 0 Å². The molecule has 0 radical (unpaired) electrons. The molecule has 0 saturated carbocycles. The van der Waals surface area contributed by atoms with Gasteiger partial charge in [-0.3, -0.25) is 20.2 Å². The highest BCUT2D eigenvalue weighted by Crippen LogP contribution is 2.37. The van der Waals surface area contributed by atoms with Gasteiger partial charge in [0, 0.05) is 6.07 Å². The van der Waals surface area contributed by atoms with Crippen molar-refractivity contribution in [2.24, 2.45) is 0 Å². The Morgan fingerprint density at radius 1 is 1.00 bits per heavy atom. The Hall–Kier alpha value is -3.16. The highest BCUT2D eigenvalue weighted by molar-refractivity contribution is 5.74. The summed E-state index contributed by atoms with van der Waals surface area (Å²) in [5.41, 5.74) is 1.62. The van der Waals surface area contributed by atoms with E-state index in [1.54, 1.807) is 37.3 Å². The Balaban J connectivity index is 2.40. The first kappa shape index (κ1) is 14.3. The van der Waals surface area contributed by atoms with Gasteiger partial charge in [-0.1, -0.05) is 18.2 Å². The first-order valence-electron chi connectivity index (χ1n) is 5.91. The van der Waals surface area contributed by atoms with Gasteiger partial charge < -0.3 is 4.84 Å². The molecule has 0 spiro atoms. The molecule has 108 valence electrons. The van der Waals surface area contributed by atoms with Gasteiger partial charge in [-0.15, -0.1) is 0 Å². The number of benzene rings is 2. The predicted molar refractivity (Wildman–Crippen MR) is 75.2 cm³/mol. The summed E-state index contributed by atoms with van der Waals surface area (Å²) < 4.78 is 0. The van der Waals surface area contributed by atoms with Crippen molar-refractivity contribution >= 4 is 17.1 Å². The van der Waals surface area contributed by atoms with Crippen molar-refractivity contribution < 1.29 is 14.7 Å². The normalized spacial score (nSPS) is 9.95. The average molecular weight is 289 g/mol. The van der Waals surface area contributed by atoms with Crippen LogP contribution in [0.5, 0.6) is 5.75 Å². The van der Waals surface area contributed by atoms with E-state index in [1.165, 1.54) is 6.07 Å². The molecule has 0 atom stereocenters. The van der Waals surface area contributed by atoms with Crippen LogP contribution in [0.25, 0.3) is 0 Å². The second kappa shape index (κ2) is 5.87. The van der Waals surface area contributed by atoms with Crippen molar-refractivity contribution in [2.45, 2.75) is 6.92 Å². The van der Waals surface area contributed by atoms with Crippen LogP contribution in [-0.2, 0) is 0 Å². The fourth-order valence-electron chi connectivity index (χ4n) is 1.74. The summed E-state index contributed by atoms with van der Waals surface area (Å²) >= 11 is 0. The second-order valence-electron chi connectivity index (χ2n) is 4.16. The summed E-state index contributed by atoms with van der Waals surface area (Å²) in [7, 11) is 0. The molecule has 0 heterocycles. The van der Waals surface area contributed by atoms with Gasteiger partial charge in [-0.05, 0) is 30.7 Å². The molecular weight excluding hydrogens is 278 g/mol. The molecule has 0 aliphatic heterocycles. The molecule has 0 bridgehead atoms. The van der Waals surface area contributed by atoms with Crippen molar-refractivity contribution in [1.29, 1.82) is 0 Å². The first-order chi connectivity index (χ1) is 10.0. The van der Waals surface area contributed by atoms with Crippen molar-refractivity contribution in [2.75, 3.05) is 5.48 Å². The fourth-order valence-corrected chi connectivity index (χ4v) is 1.74. The average Bonchev–Trinajstić information content (AvgIpc) is 2.46. The minimum atomic E-state index is -0.804. The lowest BCUT2D eigenvalue weighted by atomic mass is 10.1. The van der Waals surface area contributed by atoms with Crippen molar-refractivity contribution in [3.05, 3.63) is 68.3 Å². The third-order valence-electron chi connectivity index (χ3n) is 2.76. The highest BCUT2D eigenvalue weighted by Gasteiger charge is 2.30. The zero-order valence-corrected chi connectivity index (χ0v) is 11.0. The largest absolute Gasteiger partial charge is 0.382 e. The van der Waals surface area contributed by atoms with E-state index < -0.39 is 21.2 Å². The molecule has 2 aromatic carbocycles. The molecular formula is C13H11N3O5. The molecule has 0 amide bonds. The standard InChI is InChI=1S/C13H11N3O5/c1-9-7-8-11(15(17)18)13(16(19)20)12(9)14-21-10-5-3-2-4-6-10/h2-8,14H,1H3. The second-order valence-corrected chi connectivity index (χ2v) is 4.16. The molecule has 2 aromatic rings. The van der Waals surface area contributed by atoms with Crippen molar-refractivity contribution in [1.82, 2.24) is 0 Å². The SMILES string of the molecule is Cc1ccc([N+](=O)[O-])c([N+](=O)[O-])c1NOc1ccccc1.